The predicted molar refractivity (Wildman–Crippen MR) is 146 cm³/mol. The first-order chi connectivity index (χ1) is 16.7. The Morgan fingerprint density at radius 1 is 1.37 bits per heavy atom. The maximum Gasteiger partial charge on any atom is 0.235 e. The molecule has 1 aliphatic rings. The van der Waals surface area contributed by atoms with Crippen LogP contribution in [-0.2, 0) is 17.6 Å². The Morgan fingerprint density at radius 3 is 2.94 bits per heavy atom. The van der Waals surface area contributed by atoms with Crippen molar-refractivity contribution in [1.29, 1.82) is 5.26 Å². The molecule has 4 rings (SSSR count). The summed E-state index contributed by atoms with van der Waals surface area (Å²) in [6.45, 7) is 6.82. The highest BCUT2D eigenvalue weighted by molar-refractivity contribution is 8.00. The number of nitrogens with zero attached hydrogens (tertiary/aromatic N) is 3. The van der Waals surface area contributed by atoms with Gasteiger partial charge in [0.1, 0.15) is 16.2 Å². The number of thiophene rings is 1. The van der Waals surface area contributed by atoms with Gasteiger partial charge >= 0.3 is 0 Å². The van der Waals surface area contributed by atoms with Crippen LogP contribution in [0.4, 0.5) is 10.7 Å². The van der Waals surface area contributed by atoms with Crippen molar-refractivity contribution in [1.82, 2.24) is 4.98 Å². The fourth-order valence-electron chi connectivity index (χ4n) is 4.14. The summed E-state index contributed by atoms with van der Waals surface area (Å²) in [5.74, 6) is 0.719. The molecule has 1 amide bonds. The first-order valence-electron chi connectivity index (χ1n) is 11.5. The van der Waals surface area contributed by atoms with Crippen LogP contribution in [0.1, 0.15) is 48.8 Å². The van der Waals surface area contributed by atoms with Crippen molar-refractivity contribution < 1.29 is 4.79 Å². The lowest BCUT2D eigenvalue weighted by Crippen LogP contribution is -2.26. The molecular weight excluding hydrogens is 496 g/mol. The molecule has 1 aliphatic carbocycles. The number of thioether (sulfide) groups is 1. The number of halogens is 1. The fraction of sp³-hybridized carbons (Fsp3) is 0.333. The van der Waals surface area contributed by atoms with E-state index in [1.807, 2.05) is 36.4 Å². The highest BCUT2D eigenvalue weighted by Gasteiger charge is 2.32. The second-order valence-electron chi connectivity index (χ2n) is 9.60. The maximum absolute atomic E-state index is 12.7. The van der Waals surface area contributed by atoms with E-state index in [2.05, 4.69) is 42.1 Å². The summed E-state index contributed by atoms with van der Waals surface area (Å²) in [6.07, 6.45) is 6.27. The average Bonchev–Trinajstić information content (AvgIpc) is 3.18. The molecule has 2 heterocycles. The SMILES string of the molecule is CC(C)(C)[C@@H]1CCc2c(sc(NC(=O)CSc3cccc(N=Cc4cccnc4Cl)c3)c2C#N)C1. The minimum atomic E-state index is -0.117. The number of hydrogen-bond donors (Lipinski definition) is 1. The number of hydrogen-bond acceptors (Lipinski definition) is 6. The van der Waals surface area contributed by atoms with Crippen LogP contribution in [0.25, 0.3) is 0 Å². The van der Waals surface area contributed by atoms with Gasteiger partial charge in [-0.05, 0) is 66.5 Å². The predicted octanol–water partition coefficient (Wildman–Crippen LogP) is 7.30. The van der Waals surface area contributed by atoms with Crippen molar-refractivity contribution in [3.8, 4) is 6.07 Å². The minimum Gasteiger partial charge on any atom is -0.316 e. The van der Waals surface area contributed by atoms with Gasteiger partial charge in [0.25, 0.3) is 0 Å². The molecule has 1 N–H and O–H groups in total. The Morgan fingerprint density at radius 2 is 2.20 bits per heavy atom. The number of pyridine rings is 1. The Hall–Kier alpha value is -2.66. The number of fused-ring (bicyclic) bond motifs is 1. The minimum absolute atomic E-state index is 0.117. The highest BCUT2D eigenvalue weighted by atomic mass is 35.5. The molecule has 3 aromatic rings. The molecule has 0 aliphatic heterocycles. The van der Waals surface area contributed by atoms with Gasteiger partial charge < -0.3 is 5.32 Å². The van der Waals surface area contributed by atoms with E-state index < -0.39 is 0 Å². The molecule has 35 heavy (non-hydrogen) atoms. The van der Waals surface area contributed by atoms with Crippen molar-refractivity contribution in [2.45, 2.75) is 44.9 Å². The van der Waals surface area contributed by atoms with Crippen LogP contribution < -0.4 is 5.32 Å². The third kappa shape index (κ3) is 6.32. The van der Waals surface area contributed by atoms with Crippen molar-refractivity contribution in [2.75, 3.05) is 11.1 Å². The van der Waals surface area contributed by atoms with Crippen molar-refractivity contribution in [3.63, 3.8) is 0 Å². The highest BCUT2D eigenvalue weighted by Crippen LogP contribution is 2.44. The molecule has 0 saturated carbocycles. The van der Waals surface area contributed by atoms with E-state index in [0.717, 1.165) is 41.0 Å². The van der Waals surface area contributed by atoms with Crippen molar-refractivity contribution >= 4 is 57.5 Å². The van der Waals surface area contributed by atoms with E-state index in [0.29, 0.717) is 21.6 Å². The smallest absolute Gasteiger partial charge is 0.235 e. The molecule has 0 spiro atoms. The topological polar surface area (TPSA) is 78.1 Å². The first-order valence-corrected chi connectivity index (χ1v) is 13.6. The molecule has 0 saturated heterocycles. The molecule has 0 fully saturated rings. The summed E-state index contributed by atoms with van der Waals surface area (Å²) in [6, 6.07) is 13.7. The lowest BCUT2D eigenvalue weighted by Gasteiger charge is -2.33. The summed E-state index contributed by atoms with van der Waals surface area (Å²) in [4.78, 5) is 23.4. The summed E-state index contributed by atoms with van der Waals surface area (Å²) in [5.41, 5.74) is 3.51. The monoisotopic (exact) mass is 522 g/mol. The van der Waals surface area contributed by atoms with Crippen LogP contribution in [0.15, 0.2) is 52.5 Å². The van der Waals surface area contributed by atoms with E-state index in [9.17, 15) is 10.1 Å². The van der Waals surface area contributed by atoms with Gasteiger partial charge in [0.05, 0.1) is 17.0 Å². The molecular formula is C27H27ClN4OS2. The van der Waals surface area contributed by atoms with E-state index in [-0.39, 0.29) is 17.1 Å². The quantitative estimate of drug-likeness (QED) is 0.209. The van der Waals surface area contributed by atoms with Gasteiger partial charge in [-0.3, -0.25) is 9.79 Å². The normalized spacial score (nSPS) is 15.6. The van der Waals surface area contributed by atoms with Crippen LogP contribution in [0.5, 0.6) is 0 Å². The number of aliphatic imine (C=N–C) groups is 1. The summed E-state index contributed by atoms with van der Waals surface area (Å²) >= 11 is 9.09. The van der Waals surface area contributed by atoms with Crippen LogP contribution >= 0.6 is 34.7 Å². The van der Waals surface area contributed by atoms with E-state index >= 15 is 0 Å². The molecule has 0 radical (unpaired) electrons. The lowest BCUT2D eigenvalue weighted by molar-refractivity contribution is -0.113. The summed E-state index contributed by atoms with van der Waals surface area (Å²) in [7, 11) is 0. The standard InChI is InChI=1S/C27H27ClN4OS2/c1-27(2,3)18-9-10-21-22(14-29)26(35-23(21)12-18)32-24(33)16-34-20-8-4-7-19(13-20)31-15-17-6-5-11-30-25(17)28/h4-8,11,13,15,18H,9-10,12,16H2,1-3H3,(H,32,33)/t18-/m1/s1. The zero-order valence-corrected chi connectivity index (χ0v) is 22.4. The number of carbonyl (C=O) groups is 1. The second-order valence-corrected chi connectivity index (χ2v) is 12.1. The first kappa shape index (κ1) is 25.4. The molecule has 1 aromatic carbocycles. The van der Waals surface area contributed by atoms with E-state index in [1.54, 1.807) is 23.7 Å². The second kappa shape index (κ2) is 10.9. The molecule has 8 heteroatoms. The Bertz CT molecular complexity index is 1300. The maximum atomic E-state index is 12.7. The number of rotatable bonds is 6. The zero-order valence-electron chi connectivity index (χ0n) is 20.0. The Balaban J connectivity index is 1.39. The molecule has 0 unspecified atom stereocenters. The summed E-state index contributed by atoms with van der Waals surface area (Å²) < 4.78 is 0. The lowest BCUT2D eigenvalue weighted by atomic mass is 9.72. The number of aromatic nitrogens is 1. The molecule has 5 nitrogen and oxygen atoms in total. The van der Waals surface area contributed by atoms with Gasteiger partial charge in [-0.1, -0.05) is 38.4 Å². The number of nitriles is 1. The number of benzene rings is 1. The molecule has 0 bridgehead atoms. The molecule has 1 atom stereocenters. The molecule has 2 aromatic heterocycles. The zero-order chi connectivity index (χ0) is 25.0. The van der Waals surface area contributed by atoms with E-state index in [4.69, 9.17) is 11.6 Å². The Kier molecular flexibility index (Phi) is 7.95. The van der Waals surface area contributed by atoms with Crippen LogP contribution in [0.3, 0.4) is 0 Å². The number of amides is 1. The van der Waals surface area contributed by atoms with Gasteiger partial charge in [-0.25, -0.2) is 4.98 Å². The largest absolute Gasteiger partial charge is 0.316 e. The van der Waals surface area contributed by atoms with Gasteiger partial charge in [0.15, 0.2) is 0 Å². The molecule has 180 valence electrons. The number of carbonyl (C=O) groups excluding carboxylic acids is 1. The van der Waals surface area contributed by atoms with Gasteiger partial charge in [0.2, 0.25) is 5.91 Å². The third-order valence-electron chi connectivity index (χ3n) is 6.18. The number of nitrogens with one attached hydrogen (secondary N) is 1. The fourth-order valence-corrected chi connectivity index (χ4v) is 6.35. The van der Waals surface area contributed by atoms with Gasteiger partial charge in [-0.15, -0.1) is 23.1 Å². The third-order valence-corrected chi connectivity index (χ3v) is 8.66. The summed E-state index contributed by atoms with van der Waals surface area (Å²) in [5, 5.41) is 13.8. The van der Waals surface area contributed by atoms with Crippen molar-refractivity contribution in [3.05, 3.63) is 69.3 Å². The van der Waals surface area contributed by atoms with Crippen LogP contribution in [0.2, 0.25) is 5.15 Å². The Labute approximate surface area is 219 Å². The van der Waals surface area contributed by atoms with Crippen LogP contribution in [-0.4, -0.2) is 22.9 Å². The van der Waals surface area contributed by atoms with Gasteiger partial charge in [0, 0.05) is 27.7 Å². The van der Waals surface area contributed by atoms with Gasteiger partial charge in [-0.2, -0.15) is 5.26 Å². The van der Waals surface area contributed by atoms with Crippen LogP contribution in [0, 0.1) is 22.7 Å². The van der Waals surface area contributed by atoms with Crippen molar-refractivity contribution in [2.24, 2.45) is 16.3 Å². The average molecular weight is 523 g/mol. The number of anilines is 1. The van der Waals surface area contributed by atoms with E-state index in [1.165, 1.54) is 16.6 Å².